The average molecular weight is 424 g/mol. The Morgan fingerprint density at radius 3 is 2.65 bits per heavy atom. The van der Waals surface area contributed by atoms with Gasteiger partial charge in [-0.2, -0.15) is 0 Å². The van der Waals surface area contributed by atoms with E-state index in [1.54, 1.807) is 19.3 Å². The Labute approximate surface area is 183 Å². The number of nitrogens with one attached hydrogen (secondary N) is 2. The molecule has 1 amide bonds. The molecule has 0 spiro atoms. The number of pyridine rings is 2. The SMILES string of the molecule is CCc1cc(C)c(C2CCN(C3CCN(c4ccc(C(=O)NC)nc4)CC3)C2)[nH]c1=O. The van der Waals surface area contributed by atoms with Gasteiger partial charge in [0.25, 0.3) is 11.5 Å². The van der Waals surface area contributed by atoms with Crippen LogP contribution in [0.15, 0.2) is 29.2 Å². The number of hydrogen-bond acceptors (Lipinski definition) is 5. The first-order valence-electron chi connectivity index (χ1n) is 11.4. The molecule has 2 aromatic rings. The molecule has 7 nitrogen and oxygen atoms in total. The molecule has 2 N–H and O–H groups in total. The van der Waals surface area contributed by atoms with E-state index in [1.165, 1.54) is 5.56 Å². The Morgan fingerprint density at radius 1 is 1.23 bits per heavy atom. The number of aromatic nitrogens is 2. The molecular weight excluding hydrogens is 390 g/mol. The van der Waals surface area contributed by atoms with Crippen molar-refractivity contribution < 1.29 is 4.79 Å². The van der Waals surface area contributed by atoms with Crippen LogP contribution in [0.25, 0.3) is 0 Å². The molecule has 0 bridgehead atoms. The largest absolute Gasteiger partial charge is 0.370 e. The Bertz CT molecular complexity index is 976. The highest BCUT2D eigenvalue weighted by atomic mass is 16.1. The number of aryl methyl sites for hydroxylation is 2. The first kappa shape index (κ1) is 21.6. The zero-order valence-corrected chi connectivity index (χ0v) is 18.8. The number of likely N-dealkylation sites (tertiary alicyclic amines) is 1. The van der Waals surface area contributed by atoms with Crippen molar-refractivity contribution in [2.75, 3.05) is 38.1 Å². The first-order valence-corrected chi connectivity index (χ1v) is 11.4. The highest BCUT2D eigenvalue weighted by Crippen LogP contribution is 2.32. The van der Waals surface area contributed by atoms with Crippen LogP contribution in [-0.4, -0.2) is 60.0 Å². The van der Waals surface area contributed by atoms with Crippen LogP contribution in [0.1, 0.15) is 59.4 Å². The number of nitrogens with zero attached hydrogens (tertiary/aromatic N) is 3. The number of rotatable bonds is 5. The summed E-state index contributed by atoms with van der Waals surface area (Å²) in [4.78, 5) is 36.4. The van der Waals surface area contributed by atoms with Gasteiger partial charge in [-0.1, -0.05) is 6.92 Å². The number of piperidine rings is 1. The average Bonchev–Trinajstić information content (AvgIpc) is 3.30. The fourth-order valence-electron chi connectivity index (χ4n) is 5.07. The molecule has 1 unspecified atom stereocenters. The van der Waals surface area contributed by atoms with E-state index in [4.69, 9.17) is 0 Å². The van der Waals surface area contributed by atoms with Crippen LogP contribution in [0, 0.1) is 6.92 Å². The van der Waals surface area contributed by atoms with Gasteiger partial charge in [0.2, 0.25) is 0 Å². The standard InChI is InChI=1S/C24H33N5O2/c1-4-17-13-16(2)22(27-23(17)30)18-7-10-29(15-18)19-8-11-28(12-9-19)20-5-6-21(26-14-20)24(31)25-3/h5-6,13-14,18-19H,4,7-12,15H2,1-3H3,(H,25,31)(H,27,30). The van der Waals surface area contributed by atoms with Gasteiger partial charge < -0.3 is 15.2 Å². The minimum absolute atomic E-state index is 0.0749. The highest BCUT2D eigenvalue weighted by Gasteiger charge is 2.32. The van der Waals surface area contributed by atoms with Crippen LogP contribution in [-0.2, 0) is 6.42 Å². The predicted molar refractivity (Wildman–Crippen MR) is 123 cm³/mol. The Morgan fingerprint density at radius 2 is 2.00 bits per heavy atom. The summed E-state index contributed by atoms with van der Waals surface area (Å²) in [6.07, 6.45) is 5.92. The second-order valence-corrected chi connectivity index (χ2v) is 8.75. The lowest BCUT2D eigenvalue weighted by atomic mass is 9.98. The van der Waals surface area contributed by atoms with Gasteiger partial charge in [0.05, 0.1) is 11.9 Å². The molecule has 166 valence electrons. The van der Waals surface area contributed by atoms with Crippen LogP contribution in [0.4, 0.5) is 5.69 Å². The Hall–Kier alpha value is -2.67. The van der Waals surface area contributed by atoms with Crippen LogP contribution < -0.4 is 15.8 Å². The maximum atomic E-state index is 12.3. The summed E-state index contributed by atoms with van der Waals surface area (Å²) in [7, 11) is 1.62. The molecule has 0 radical (unpaired) electrons. The van der Waals surface area contributed by atoms with Gasteiger partial charge in [0.1, 0.15) is 5.69 Å². The van der Waals surface area contributed by atoms with E-state index in [1.807, 2.05) is 13.0 Å². The first-order chi connectivity index (χ1) is 15.0. The topological polar surface area (TPSA) is 81.3 Å². The van der Waals surface area contributed by atoms with Gasteiger partial charge in [0, 0.05) is 49.9 Å². The zero-order valence-electron chi connectivity index (χ0n) is 18.8. The Kier molecular flexibility index (Phi) is 6.41. The van der Waals surface area contributed by atoms with Gasteiger partial charge in [-0.05, 0) is 62.9 Å². The molecule has 0 saturated carbocycles. The molecule has 2 saturated heterocycles. The van der Waals surface area contributed by atoms with E-state index in [0.29, 0.717) is 17.7 Å². The van der Waals surface area contributed by atoms with E-state index >= 15 is 0 Å². The normalized spacial score (nSPS) is 20.2. The second-order valence-electron chi connectivity index (χ2n) is 8.75. The maximum Gasteiger partial charge on any atom is 0.269 e. The third-order valence-electron chi connectivity index (χ3n) is 6.92. The molecule has 0 aromatic carbocycles. The number of amides is 1. The highest BCUT2D eigenvalue weighted by molar-refractivity contribution is 5.92. The van der Waals surface area contributed by atoms with Crippen molar-refractivity contribution in [3.8, 4) is 0 Å². The van der Waals surface area contributed by atoms with E-state index < -0.39 is 0 Å². The molecule has 2 aromatic heterocycles. The summed E-state index contributed by atoms with van der Waals surface area (Å²) in [6, 6.07) is 6.43. The molecule has 0 aliphatic carbocycles. The fraction of sp³-hybridized carbons (Fsp3) is 0.542. The number of H-pyrrole nitrogens is 1. The molecule has 4 rings (SSSR count). The number of carbonyl (C=O) groups excluding carboxylic acids is 1. The minimum atomic E-state index is -0.158. The summed E-state index contributed by atoms with van der Waals surface area (Å²) in [5.41, 5.74) is 4.82. The van der Waals surface area contributed by atoms with E-state index in [9.17, 15) is 9.59 Å². The van der Waals surface area contributed by atoms with Crippen molar-refractivity contribution >= 4 is 11.6 Å². The third kappa shape index (κ3) is 4.51. The summed E-state index contributed by atoms with van der Waals surface area (Å²) >= 11 is 0. The molecule has 4 heterocycles. The van der Waals surface area contributed by atoms with Crippen molar-refractivity contribution in [3.63, 3.8) is 0 Å². The van der Waals surface area contributed by atoms with E-state index in [-0.39, 0.29) is 11.5 Å². The Balaban J connectivity index is 1.34. The maximum absolute atomic E-state index is 12.3. The lowest BCUT2D eigenvalue weighted by Crippen LogP contribution is -2.44. The van der Waals surface area contributed by atoms with Crippen LogP contribution in [0.2, 0.25) is 0 Å². The third-order valence-corrected chi connectivity index (χ3v) is 6.92. The van der Waals surface area contributed by atoms with Crippen LogP contribution in [0.3, 0.4) is 0 Å². The van der Waals surface area contributed by atoms with Crippen molar-refractivity contribution in [2.24, 2.45) is 0 Å². The second kappa shape index (κ2) is 9.22. The monoisotopic (exact) mass is 423 g/mol. The van der Waals surface area contributed by atoms with Crippen molar-refractivity contribution in [3.05, 3.63) is 57.3 Å². The molecule has 1 atom stereocenters. The van der Waals surface area contributed by atoms with Gasteiger partial charge in [0.15, 0.2) is 0 Å². The minimum Gasteiger partial charge on any atom is -0.370 e. The quantitative estimate of drug-likeness (QED) is 0.772. The smallest absolute Gasteiger partial charge is 0.269 e. The van der Waals surface area contributed by atoms with Crippen molar-refractivity contribution in [2.45, 2.75) is 51.5 Å². The van der Waals surface area contributed by atoms with Gasteiger partial charge in [-0.15, -0.1) is 0 Å². The molecule has 7 heteroatoms. The summed E-state index contributed by atoms with van der Waals surface area (Å²) < 4.78 is 0. The van der Waals surface area contributed by atoms with E-state index in [2.05, 4.69) is 38.1 Å². The van der Waals surface area contributed by atoms with Gasteiger partial charge >= 0.3 is 0 Å². The molecular formula is C24H33N5O2. The number of aromatic amines is 1. The lowest BCUT2D eigenvalue weighted by Gasteiger charge is -2.37. The number of carbonyl (C=O) groups is 1. The molecule has 2 aliphatic heterocycles. The molecule has 2 fully saturated rings. The number of anilines is 1. The lowest BCUT2D eigenvalue weighted by molar-refractivity contribution is 0.0958. The van der Waals surface area contributed by atoms with E-state index in [0.717, 1.165) is 68.8 Å². The summed E-state index contributed by atoms with van der Waals surface area (Å²) in [5, 5.41) is 2.60. The molecule has 31 heavy (non-hydrogen) atoms. The zero-order chi connectivity index (χ0) is 22.0. The van der Waals surface area contributed by atoms with Crippen LogP contribution in [0.5, 0.6) is 0 Å². The number of hydrogen-bond donors (Lipinski definition) is 2. The predicted octanol–water partition coefficient (Wildman–Crippen LogP) is 2.46. The molecule has 2 aliphatic rings. The van der Waals surface area contributed by atoms with Gasteiger partial charge in [-0.25, -0.2) is 4.98 Å². The summed E-state index contributed by atoms with van der Waals surface area (Å²) in [5.74, 6) is 0.257. The van der Waals surface area contributed by atoms with Crippen molar-refractivity contribution in [1.82, 2.24) is 20.2 Å². The van der Waals surface area contributed by atoms with Gasteiger partial charge in [-0.3, -0.25) is 14.5 Å². The summed E-state index contributed by atoms with van der Waals surface area (Å²) in [6.45, 7) is 8.25. The fourth-order valence-corrected chi connectivity index (χ4v) is 5.07. The van der Waals surface area contributed by atoms with Crippen molar-refractivity contribution in [1.29, 1.82) is 0 Å². The van der Waals surface area contributed by atoms with Crippen LogP contribution >= 0.6 is 0 Å².